The number of nitrogens with zero attached hydrogens (tertiary/aromatic N) is 2. The molecule has 1 aromatic heterocycles. The standard InChI is InChI=1S/C28H28Br2N2O6S/c1-7-37-21-11-16(10-19(30)25(21)36-6)12-22-26(33)32-24(18-13-17(29)8-9-20(18)35-5)23(27(34)38-14(2)3)15(4)31-28(32)39-22/h8-14,24H,7H2,1-6H3/b22-12-/t24-/m0/s1. The Morgan fingerprint density at radius 1 is 1.15 bits per heavy atom. The third-order valence-corrected chi connectivity index (χ3v) is 7.97. The Morgan fingerprint density at radius 3 is 2.54 bits per heavy atom. The zero-order chi connectivity index (χ0) is 28.4. The van der Waals surface area contributed by atoms with Crippen molar-refractivity contribution in [3.63, 3.8) is 0 Å². The van der Waals surface area contributed by atoms with Gasteiger partial charge in [0.25, 0.3) is 5.56 Å². The molecule has 1 aliphatic heterocycles. The molecule has 0 N–H and O–H groups in total. The molecule has 0 unspecified atom stereocenters. The average molecular weight is 680 g/mol. The van der Waals surface area contributed by atoms with Gasteiger partial charge in [0.05, 0.1) is 47.2 Å². The van der Waals surface area contributed by atoms with Gasteiger partial charge < -0.3 is 18.9 Å². The molecule has 2 aromatic carbocycles. The van der Waals surface area contributed by atoms with E-state index in [2.05, 4.69) is 36.9 Å². The quantitative estimate of drug-likeness (QED) is 0.307. The van der Waals surface area contributed by atoms with Crippen molar-refractivity contribution >= 4 is 55.2 Å². The number of aromatic nitrogens is 1. The van der Waals surface area contributed by atoms with Crippen LogP contribution in [0.5, 0.6) is 17.2 Å². The first-order valence-corrected chi connectivity index (χ1v) is 14.6. The zero-order valence-electron chi connectivity index (χ0n) is 22.3. The number of hydrogen-bond donors (Lipinski definition) is 0. The summed E-state index contributed by atoms with van der Waals surface area (Å²) in [5.74, 6) is 1.12. The molecule has 206 valence electrons. The molecule has 0 aliphatic carbocycles. The second kappa shape index (κ2) is 12.1. The summed E-state index contributed by atoms with van der Waals surface area (Å²) in [5.41, 5.74) is 1.84. The first-order chi connectivity index (χ1) is 18.6. The summed E-state index contributed by atoms with van der Waals surface area (Å²) in [6, 6.07) is 8.34. The summed E-state index contributed by atoms with van der Waals surface area (Å²) in [4.78, 5) is 32.5. The lowest BCUT2D eigenvalue weighted by molar-refractivity contribution is -0.143. The Hall–Kier alpha value is -2.89. The molecule has 2 heterocycles. The third kappa shape index (κ3) is 5.85. The normalized spacial score (nSPS) is 15.2. The topological polar surface area (TPSA) is 88.4 Å². The highest BCUT2D eigenvalue weighted by molar-refractivity contribution is 9.10. The third-order valence-electron chi connectivity index (χ3n) is 5.90. The van der Waals surface area contributed by atoms with E-state index in [0.29, 0.717) is 48.9 Å². The van der Waals surface area contributed by atoms with E-state index in [-0.39, 0.29) is 17.2 Å². The van der Waals surface area contributed by atoms with Crippen LogP contribution in [-0.2, 0) is 9.53 Å². The Kier molecular flexibility index (Phi) is 9.03. The molecule has 4 rings (SSSR count). The van der Waals surface area contributed by atoms with Gasteiger partial charge in [-0.15, -0.1) is 0 Å². The van der Waals surface area contributed by atoms with Gasteiger partial charge in [0, 0.05) is 10.0 Å². The van der Waals surface area contributed by atoms with Crippen LogP contribution in [-0.4, -0.2) is 37.5 Å². The average Bonchev–Trinajstić information content (AvgIpc) is 3.17. The number of ether oxygens (including phenoxy) is 4. The predicted molar refractivity (Wildman–Crippen MR) is 158 cm³/mol. The lowest BCUT2D eigenvalue weighted by Gasteiger charge is -2.26. The Morgan fingerprint density at radius 2 is 1.90 bits per heavy atom. The highest BCUT2D eigenvalue weighted by Crippen LogP contribution is 2.38. The summed E-state index contributed by atoms with van der Waals surface area (Å²) in [6.45, 7) is 7.65. The summed E-state index contributed by atoms with van der Waals surface area (Å²) in [7, 11) is 3.12. The van der Waals surface area contributed by atoms with Crippen LogP contribution in [0.25, 0.3) is 6.08 Å². The minimum Gasteiger partial charge on any atom is -0.496 e. The van der Waals surface area contributed by atoms with Gasteiger partial charge >= 0.3 is 5.97 Å². The van der Waals surface area contributed by atoms with Crippen LogP contribution in [0.3, 0.4) is 0 Å². The van der Waals surface area contributed by atoms with Gasteiger partial charge in [-0.1, -0.05) is 27.3 Å². The van der Waals surface area contributed by atoms with E-state index < -0.39 is 12.0 Å². The number of allylic oxidation sites excluding steroid dienone is 1. The number of fused-ring (bicyclic) bond motifs is 1. The lowest BCUT2D eigenvalue weighted by Crippen LogP contribution is -2.40. The number of methoxy groups -OCH3 is 2. The number of benzene rings is 2. The molecular weight excluding hydrogens is 652 g/mol. The monoisotopic (exact) mass is 678 g/mol. The first-order valence-electron chi connectivity index (χ1n) is 12.2. The van der Waals surface area contributed by atoms with Crippen LogP contribution in [0.2, 0.25) is 0 Å². The van der Waals surface area contributed by atoms with Crippen LogP contribution in [0.4, 0.5) is 0 Å². The molecule has 0 fully saturated rings. The van der Waals surface area contributed by atoms with Gasteiger partial charge in [0.1, 0.15) is 11.8 Å². The highest BCUT2D eigenvalue weighted by atomic mass is 79.9. The number of esters is 1. The minimum absolute atomic E-state index is 0.282. The van der Waals surface area contributed by atoms with Crippen molar-refractivity contribution < 1.29 is 23.7 Å². The largest absolute Gasteiger partial charge is 0.496 e. The van der Waals surface area contributed by atoms with Crippen molar-refractivity contribution in [2.24, 2.45) is 4.99 Å². The second-order valence-corrected chi connectivity index (χ2v) is 11.7. The van der Waals surface area contributed by atoms with E-state index in [4.69, 9.17) is 18.9 Å². The van der Waals surface area contributed by atoms with Crippen molar-refractivity contribution in [2.45, 2.75) is 39.8 Å². The lowest BCUT2D eigenvalue weighted by atomic mass is 9.95. The number of rotatable bonds is 8. The van der Waals surface area contributed by atoms with E-state index in [1.54, 1.807) is 47.1 Å². The van der Waals surface area contributed by atoms with E-state index in [1.165, 1.54) is 15.9 Å². The number of carbonyl (C=O) groups excluding carboxylic acids is 1. The summed E-state index contributed by atoms with van der Waals surface area (Å²) in [5, 5.41) is 0. The maximum Gasteiger partial charge on any atom is 0.338 e. The van der Waals surface area contributed by atoms with Crippen LogP contribution in [0.15, 0.2) is 60.3 Å². The van der Waals surface area contributed by atoms with E-state index in [9.17, 15) is 9.59 Å². The Bertz CT molecular complexity index is 1640. The number of hydrogen-bond acceptors (Lipinski definition) is 8. The van der Waals surface area contributed by atoms with Crippen molar-refractivity contribution in [3.8, 4) is 17.2 Å². The van der Waals surface area contributed by atoms with Gasteiger partial charge in [-0.05, 0) is 85.6 Å². The van der Waals surface area contributed by atoms with Gasteiger partial charge in [0.2, 0.25) is 0 Å². The number of carbonyl (C=O) groups is 1. The van der Waals surface area contributed by atoms with Crippen LogP contribution in [0.1, 0.15) is 44.9 Å². The van der Waals surface area contributed by atoms with Crippen molar-refractivity contribution in [3.05, 3.63) is 81.4 Å². The van der Waals surface area contributed by atoms with Crippen molar-refractivity contribution in [1.82, 2.24) is 4.57 Å². The maximum absolute atomic E-state index is 14.0. The molecule has 3 aromatic rings. The first kappa shape index (κ1) is 29.1. The Balaban J connectivity index is 1.98. The molecule has 0 saturated carbocycles. The van der Waals surface area contributed by atoms with E-state index in [0.717, 1.165) is 10.0 Å². The number of thiazole rings is 1. The second-order valence-electron chi connectivity index (χ2n) is 8.89. The summed E-state index contributed by atoms with van der Waals surface area (Å²) < 4.78 is 25.9. The van der Waals surface area contributed by atoms with Gasteiger partial charge in [0.15, 0.2) is 16.3 Å². The fourth-order valence-electron chi connectivity index (χ4n) is 4.36. The molecule has 1 atom stereocenters. The smallest absolute Gasteiger partial charge is 0.338 e. The van der Waals surface area contributed by atoms with Crippen LogP contribution in [0, 0.1) is 0 Å². The number of halogens is 2. The summed E-state index contributed by atoms with van der Waals surface area (Å²) >= 11 is 8.29. The molecule has 39 heavy (non-hydrogen) atoms. The molecule has 8 nitrogen and oxygen atoms in total. The van der Waals surface area contributed by atoms with E-state index in [1.807, 2.05) is 31.2 Å². The SMILES string of the molecule is CCOc1cc(/C=c2\sc3n(c2=O)[C@@H](c2cc(Br)ccc2OC)C(C(=O)OC(C)C)=C(C)N=3)cc(Br)c1OC. The Labute approximate surface area is 246 Å². The van der Waals surface area contributed by atoms with Gasteiger partial charge in [-0.25, -0.2) is 9.79 Å². The molecule has 0 saturated heterocycles. The molecule has 0 bridgehead atoms. The van der Waals surface area contributed by atoms with Crippen LogP contribution < -0.4 is 29.1 Å². The zero-order valence-corrected chi connectivity index (χ0v) is 26.3. The van der Waals surface area contributed by atoms with Gasteiger partial charge in [-0.2, -0.15) is 0 Å². The predicted octanol–water partition coefficient (Wildman–Crippen LogP) is 5.13. The van der Waals surface area contributed by atoms with Crippen molar-refractivity contribution in [2.75, 3.05) is 20.8 Å². The minimum atomic E-state index is -0.802. The molecule has 0 amide bonds. The van der Waals surface area contributed by atoms with Gasteiger partial charge in [-0.3, -0.25) is 9.36 Å². The summed E-state index contributed by atoms with van der Waals surface area (Å²) in [6.07, 6.45) is 1.43. The molecule has 11 heteroatoms. The van der Waals surface area contributed by atoms with Crippen LogP contribution >= 0.6 is 43.2 Å². The molecule has 0 radical (unpaired) electrons. The molecule has 1 aliphatic rings. The van der Waals surface area contributed by atoms with E-state index >= 15 is 0 Å². The molecular formula is C28H28Br2N2O6S. The fourth-order valence-corrected chi connectivity index (χ4v) is 6.40. The fraction of sp³-hybridized carbons (Fsp3) is 0.321. The molecule has 0 spiro atoms. The highest BCUT2D eigenvalue weighted by Gasteiger charge is 2.35. The maximum atomic E-state index is 14.0. The van der Waals surface area contributed by atoms with Crippen molar-refractivity contribution in [1.29, 1.82) is 0 Å².